The van der Waals surface area contributed by atoms with Crippen molar-refractivity contribution in [3.63, 3.8) is 0 Å². The van der Waals surface area contributed by atoms with Gasteiger partial charge in [-0.1, -0.05) is 36.4 Å². The minimum absolute atomic E-state index is 0. The number of nitrogens with one attached hydrogen (secondary N) is 2. The maximum Gasteiger partial charge on any atom is 0.251 e. The molecule has 2 rings (SSSR count). The molecule has 2 N–H and O–H groups in total. The van der Waals surface area contributed by atoms with E-state index in [9.17, 15) is 4.79 Å². The summed E-state index contributed by atoms with van der Waals surface area (Å²) in [4.78, 5) is 18.2. The summed E-state index contributed by atoms with van der Waals surface area (Å²) < 4.78 is 0. The quantitative estimate of drug-likeness (QED) is 0.405. The molecule has 0 saturated carbocycles. The Kier molecular flexibility index (Phi) is 9.12. The van der Waals surface area contributed by atoms with Gasteiger partial charge in [0, 0.05) is 39.8 Å². The topological polar surface area (TPSA) is 56.7 Å². The van der Waals surface area contributed by atoms with Gasteiger partial charge >= 0.3 is 0 Å². The van der Waals surface area contributed by atoms with Crippen LogP contribution in [0.5, 0.6) is 0 Å². The van der Waals surface area contributed by atoms with Gasteiger partial charge in [0.2, 0.25) is 0 Å². The smallest absolute Gasteiger partial charge is 0.251 e. The Morgan fingerprint density at radius 1 is 1.15 bits per heavy atom. The summed E-state index contributed by atoms with van der Waals surface area (Å²) in [7, 11) is 5.43. The molecule has 6 heteroatoms. The fourth-order valence-electron chi connectivity index (χ4n) is 2.65. The Bertz CT molecular complexity index is 761. The van der Waals surface area contributed by atoms with Crippen LogP contribution >= 0.6 is 24.0 Å². The van der Waals surface area contributed by atoms with E-state index in [1.807, 2.05) is 37.4 Å². The summed E-state index contributed by atoms with van der Waals surface area (Å²) in [6.07, 6.45) is 0. The zero-order valence-electron chi connectivity index (χ0n) is 15.7. The number of aliphatic imine (C=N–C) groups is 1. The highest BCUT2D eigenvalue weighted by Crippen LogP contribution is 2.10. The van der Waals surface area contributed by atoms with E-state index in [0.29, 0.717) is 12.1 Å². The van der Waals surface area contributed by atoms with Gasteiger partial charge in [-0.3, -0.25) is 9.79 Å². The monoisotopic (exact) mass is 466 g/mol. The van der Waals surface area contributed by atoms with Crippen LogP contribution in [-0.4, -0.2) is 37.9 Å². The highest BCUT2D eigenvalue weighted by Gasteiger charge is 2.09. The third-order valence-corrected chi connectivity index (χ3v) is 4.11. The van der Waals surface area contributed by atoms with Crippen molar-refractivity contribution in [1.29, 1.82) is 0 Å². The van der Waals surface area contributed by atoms with Crippen molar-refractivity contribution in [2.75, 3.05) is 21.1 Å². The normalized spacial score (nSPS) is 10.7. The van der Waals surface area contributed by atoms with Gasteiger partial charge in [0.1, 0.15) is 0 Å². The third kappa shape index (κ3) is 6.01. The first-order valence-corrected chi connectivity index (χ1v) is 8.32. The van der Waals surface area contributed by atoms with E-state index < -0.39 is 0 Å². The lowest BCUT2D eigenvalue weighted by atomic mass is 10.1. The molecule has 2 aromatic carbocycles. The molecule has 0 unspecified atom stereocenters. The molecular weight excluding hydrogens is 439 g/mol. The van der Waals surface area contributed by atoms with Gasteiger partial charge in [-0.2, -0.15) is 0 Å². The number of guanidine groups is 1. The van der Waals surface area contributed by atoms with Crippen molar-refractivity contribution in [1.82, 2.24) is 15.5 Å². The Morgan fingerprint density at radius 2 is 1.88 bits per heavy atom. The molecular formula is C20H27IN4O. The van der Waals surface area contributed by atoms with Crippen LogP contribution in [0.2, 0.25) is 0 Å². The van der Waals surface area contributed by atoms with Gasteiger partial charge < -0.3 is 15.5 Å². The molecule has 0 aliphatic carbocycles. The zero-order chi connectivity index (χ0) is 18.2. The second kappa shape index (κ2) is 10.8. The van der Waals surface area contributed by atoms with Gasteiger partial charge in [0.05, 0.1) is 0 Å². The number of aryl methyl sites for hydroxylation is 1. The second-order valence-corrected chi connectivity index (χ2v) is 5.96. The van der Waals surface area contributed by atoms with Gasteiger partial charge in [0.25, 0.3) is 5.91 Å². The van der Waals surface area contributed by atoms with Crippen LogP contribution in [0, 0.1) is 6.92 Å². The van der Waals surface area contributed by atoms with Crippen LogP contribution in [-0.2, 0) is 13.1 Å². The van der Waals surface area contributed by atoms with Crippen LogP contribution in [0.3, 0.4) is 0 Å². The van der Waals surface area contributed by atoms with Crippen LogP contribution in [0.1, 0.15) is 27.0 Å². The first-order valence-electron chi connectivity index (χ1n) is 8.32. The predicted octanol–water partition coefficient (Wildman–Crippen LogP) is 3.18. The Labute approximate surface area is 172 Å². The molecule has 0 aromatic heterocycles. The molecule has 26 heavy (non-hydrogen) atoms. The molecule has 2 aromatic rings. The molecule has 140 valence electrons. The number of carbonyl (C=O) groups excluding carboxylic acids is 1. The van der Waals surface area contributed by atoms with Crippen molar-refractivity contribution in [2.24, 2.45) is 4.99 Å². The Morgan fingerprint density at radius 3 is 2.54 bits per heavy atom. The van der Waals surface area contributed by atoms with E-state index in [1.54, 1.807) is 14.1 Å². The average molecular weight is 466 g/mol. The number of hydrogen-bond donors (Lipinski definition) is 2. The largest absolute Gasteiger partial charge is 0.355 e. The first-order chi connectivity index (χ1) is 12.0. The van der Waals surface area contributed by atoms with Gasteiger partial charge in [-0.15, -0.1) is 24.0 Å². The predicted molar refractivity (Wildman–Crippen MR) is 118 cm³/mol. The Hall–Kier alpha value is -2.09. The van der Waals surface area contributed by atoms with Crippen molar-refractivity contribution in [3.05, 3.63) is 70.8 Å². The molecule has 0 fully saturated rings. The lowest BCUT2D eigenvalue weighted by Crippen LogP contribution is -2.38. The maximum absolute atomic E-state index is 11.7. The summed E-state index contributed by atoms with van der Waals surface area (Å²) in [5, 5.41) is 6.00. The lowest BCUT2D eigenvalue weighted by Gasteiger charge is -2.23. The maximum atomic E-state index is 11.7. The molecule has 0 heterocycles. The summed E-state index contributed by atoms with van der Waals surface area (Å²) in [6, 6.07) is 15.9. The van der Waals surface area contributed by atoms with E-state index in [1.165, 1.54) is 11.1 Å². The van der Waals surface area contributed by atoms with Crippen molar-refractivity contribution >= 4 is 35.8 Å². The molecule has 0 radical (unpaired) electrons. The fourth-order valence-corrected chi connectivity index (χ4v) is 2.65. The molecule has 0 bridgehead atoms. The van der Waals surface area contributed by atoms with E-state index in [2.05, 4.69) is 45.6 Å². The number of carbonyl (C=O) groups is 1. The molecule has 0 aliphatic rings. The third-order valence-electron chi connectivity index (χ3n) is 4.11. The average Bonchev–Trinajstić information content (AvgIpc) is 2.63. The lowest BCUT2D eigenvalue weighted by molar-refractivity contribution is 0.0963. The standard InChI is InChI=1S/C20H26N4O.HI/c1-15-8-5-6-10-18(15)14-24(4)20(22-3)23-13-16-9-7-11-17(12-16)19(25)21-2;/h5-12H,13-14H2,1-4H3,(H,21,25)(H,22,23);1H. The second-order valence-electron chi connectivity index (χ2n) is 5.96. The summed E-state index contributed by atoms with van der Waals surface area (Å²) in [6.45, 7) is 3.50. The van der Waals surface area contributed by atoms with E-state index in [-0.39, 0.29) is 29.9 Å². The van der Waals surface area contributed by atoms with Gasteiger partial charge in [-0.25, -0.2) is 0 Å². The minimum atomic E-state index is -0.0806. The molecule has 0 saturated heterocycles. The summed E-state index contributed by atoms with van der Waals surface area (Å²) in [5.41, 5.74) is 4.23. The number of rotatable bonds is 5. The minimum Gasteiger partial charge on any atom is -0.355 e. The van der Waals surface area contributed by atoms with Crippen molar-refractivity contribution in [3.8, 4) is 0 Å². The summed E-state index contributed by atoms with van der Waals surface area (Å²) in [5.74, 6) is 0.733. The number of amides is 1. The molecule has 0 atom stereocenters. The summed E-state index contributed by atoms with van der Waals surface area (Å²) >= 11 is 0. The SMILES string of the molecule is CN=C(NCc1cccc(C(=O)NC)c1)N(C)Cc1ccccc1C.I. The number of hydrogen-bond acceptors (Lipinski definition) is 2. The molecule has 5 nitrogen and oxygen atoms in total. The van der Waals surface area contributed by atoms with Crippen molar-refractivity contribution in [2.45, 2.75) is 20.0 Å². The van der Waals surface area contributed by atoms with Crippen molar-refractivity contribution < 1.29 is 4.79 Å². The van der Waals surface area contributed by atoms with Crippen LogP contribution in [0.4, 0.5) is 0 Å². The van der Waals surface area contributed by atoms with E-state index in [4.69, 9.17) is 0 Å². The fraction of sp³-hybridized carbons (Fsp3) is 0.300. The molecule has 0 spiro atoms. The van der Waals surface area contributed by atoms with Crippen LogP contribution < -0.4 is 10.6 Å². The number of benzene rings is 2. The highest BCUT2D eigenvalue weighted by molar-refractivity contribution is 14.0. The van der Waals surface area contributed by atoms with Crippen LogP contribution in [0.25, 0.3) is 0 Å². The Balaban J connectivity index is 0.00000338. The van der Waals surface area contributed by atoms with Crippen LogP contribution in [0.15, 0.2) is 53.5 Å². The number of nitrogens with zero attached hydrogens (tertiary/aromatic N) is 2. The zero-order valence-corrected chi connectivity index (χ0v) is 18.1. The number of halogens is 1. The van der Waals surface area contributed by atoms with Gasteiger partial charge in [0.15, 0.2) is 5.96 Å². The molecule has 1 amide bonds. The first kappa shape index (κ1) is 22.0. The van der Waals surface area contributed by atoms with E-state index >= 15 is 0 Å². The molecule has 0 aliphatic heterocycles. The van der Waals surface area contributed by atoms with E-state index in [0.717, 1.165) is 18.1 Å². The highest BCUT2D eigenvalue weighted by atomic mass is 127. The van der Waals surface area contributed by atoms with Gasteiger partial charge in [-0.05, 0) is 35.7 Å².